The summed E-state index contributed by atoms with van der Waals surface area (Å²) in [7, 11) is -5.79. The predicted molar refractivity (Wildman–Crippen MR) is 115 cm³/mol. The van der Waals surface area contributed by atoms with Gasteiger partial charge in [-0.3, -0.25) is 0 Å². The normalized spacial score (nSPS) is 17.3. The van der Waals surface area contributed by atoms with Crippen LogP contribution < -0.4 is 13.7 Å². The van der Waals surface area contributed by atoms with Crippen LogP contribution >= 0.6 is 0 Å². The van der Waals surface area contributed by atoms with E-state index in [2.05, 4.69) is 4.18 Å². The Morgan fingerprint density at radius 3 is 2.39 bits per heavy atom. The first-order valence-corrected chi connectivity index (χ1v) is 11.4. The Labute approximate surface area is 188 Å². The fourth-order valence-electron chi connectivity index (χ4n) is 4.01. The van der Waals surface area contributed by atoms with Crippen LogP contribution in [0.25, 0.3) is 11.1 Å². The van der Waals surface area contributed by atoms with Crippen molar-refractivity contribution in [2.75, 3.05) is 6.61 Å². The van der Waals surface area contributed by atoms with E-state index < -0.39 is 27.5 Å². The molecule has 0 spiro atoms. The van der Waals surface area contributed by atoms with E-state index in [9.17, 15) is 21.6 Å². The lowest BCUT2D eigenvalue weighted by Crippen LogP contribution is -2.28. The summed E-state index contributed by atoms with van der Waals surface area (Å²) in [5.74, 6) is 0.439. The largest absolute Gasteiger partial charge is 0.534 e. The SMILES string of the molecule is Cc1ccc2c(c1)OC(c1ccccc1)C1=C2COc2cc(OS(=O)(=O)C(F)(F)F)ccc21. The summed E-state index contributed by atoms with van der Waals surface area (Å²) < 4.78 is 77.5. The number of aryl methyl sites for hydroxylation is 1. The van der Waals surface area contributed by atoms with Gasteiger partial charge >= 0.3 is 15.6 Å². The van der Waals surface area contributed by atoms with Crippen LogP contribution in [0.4, 0.5) is 13.2 Å². The van der Waals surface area contributed by atoms with E-state index in [-0.39, 0.29) is 12.4 Å². The summed E-state index contributed by atoms with van der Waals surface area (Å²) in [5, 5.41) is 0. The molecule has 0 aromatic heterocycles. The van der Waals surface area contributed by atoms with Crippen LogP contribution in [0.15, 0.2) is 66.7 Å². The molecule has 3 aromatic rings. The maximum Gasteiger partial charge on any atom is 0.534 e. The molecule has 0 saturated carbocycles. The zero-order valence-electron chi connectivity index (χ0n) is 17.2. The van der Waals surface area contributed by atoms with E-state index in [1.165, 1.54) is 12.1 Å². The molecule has 33 heavy (non-hydrogen) atoms. The van der Waals surface area contributed by atoms with Gasteiger partial charge in [-0.15, -0.1) is 0 Å². The average Bonchev–Trinajstić information content (AvgIpc) is 2.77. The first-order chi connectivity index (χ1) is 15.6. The Balaban J connectivity index is 1.63. The molecule has 5 nitrogen and oxygen atoms in total. The molecule has 0 radical (unpaired) electrons. The van der Waals surface area contributed by atoms with Crippen molar-refractivity contribution < 1.29 is 35.2 Å². The Bertz CT molecular complexity index is 1380. The minimum Gasteiger partial charge on any atom is -0.488 e. The lowest BCUT2D eigenvalue weighted by Gasteiger charge is -2.35. The van der Waals surface area contributed by atoms with Crippen LogP contribution in [0.5, 0.6) is 17.2 Å². The van der Waals surface area contributed by atoms with Crippen LogP contribution in [0.2, 0.25) is 0 Å². The molecule has 3 aromatic carbocycles. The van der Waals surface area contributed by atoms with Gasteiger partial charge in [0.1, 0.15) is 30.0 Å². The van der Waals surface area contributed by atoms with E-state index in [1.807, 2.05) is 55.5 Å². The smallest absolute Gasteiger partial charge is 0.488 e. The van der Waals surface area contributed by atoms with Crippen molar-refractivity contribution in [3.05, 3.63) is 89.0 Å². The fraction of sp³-hybridized carbons (Fsp3) is 0.167. The van der Waals surface area contributed by atoms with Gasteiger partial charge in [-0.1, -0.05) is 42.5 Å². The molecule has 2 heterocycles. The molecular weight excluding hydrogens is 457 g/mol. The number of benzene rings is 3. The van der Waals surface area contributed by atoms with Crippen LogP contribution in [0.1, 0.15) is 28.4 Å². The Kier molecular flexibility index (Phi) is 4.89. The molecule has 1 atom stereocenters. The minimum absolute atomic E-state index is 0.139. The number of halogens is 3. The average molecular weight is 474 g/mol. The number of hydrogen-bond donors (Lipinski definition) is 0. The highest BCUT2D eigenvalue weighted by Gasteiger charge is 2.48. The predicted octanol–water partition coefficient (Wildman–Crippen LogP) is 5.66. The minimum atomic E-state index is -5.79. The molecule has 0 aliphatic carbocycles. The third kappa shape index (κ3) is 3.72. The summed E-state index contributed by atoms with van der Waals surface area (Å²) >= 11 is 0. The molecule has 9 heteroatoms. The van der Waals surface area contributed by atoms with E-state index >= 15 is 0 Å². The number of alkyl halides is 3. The van der Waals surface area contributed by atoms with Crippen molar-refractivity contribution in [2.24, 2.45) is 0 Å². The number of rotatable bonds is 3. The van der Waals surface area contributed by atoms with Crippen LogP contribution in [0, 0.1) is 6.92 Å². The van der Waals surface area contributed by atoms with Crippen molar-refractivity contribution in [3.63, 3.8) is 0 Å². The lowest BCUT2D eigenvalue weighted by molar-refractivity contribution is -0.0500. The zero-order chi connectivity index (χ0) is 23.4. The maximum absolute atomic E-state index is 12.7. The van der Waals surface area contributed by atoms with Crippen LogP contribution in [-0.4, -0.2) is 20.5 Å². The number of ether oxygens (including phenoxy) is 2. The van der Waals surface area contributed by atoms with Crippen molar-refractivity contribution in [1.29, 1.82) is 0 Å². The van der Waals surface area contributed by atoms with Crippen LogP contribution in [0.3, 0.4) is 0 Å². The number of fused-ring (bicyclic) bond motifs is 4. The molecule has 170 valence electrons. The Morgan fingerprint density at radius 1 is 0.939 bits per heavy atom. The molecule has 2 aliphatic heterocycles. The topological polar surface area (TPSA) is 61.8 Å². The lowest BCUT2D eigenvalue weighted by atomic mass is 9.84. The van der Waals surface area contributed by atoms with E-state index in [0.29, 0.717) is 11.3 Å². The molecule has 2 aliphatic rings. The second kappa shape index (κ2) is 7.55. The Morgan fingerprint density at radius 2 is 1.67 bits per heavy atom. The summed E-state index contributed by atoms with van der Waals surface area (Å²) in [6.45, 7) is 2.11. The third-order valence-electron chi connectivity index (χ3n) is 5.50. The van der Waals surface area contributed by atoms with E-state index in [1.54, 1.807) is 0 Å². The molecule has 5 rings (SSSR count). The summed E-state index contributed by atoms with van der Waals surface area (Å²) in [5.41, 5.74) is -0.434. The monoisotopic (exact) mass is 474 g/mol. The highest BCUT2D eigenvalue weighted by Crippen LogP contribution is 2.51. The second-order valence-corrected chi connectivity index (χ2v) is 9.27. The second-order valence-electron chi connectivity index (χ2n) is 7.73. The summed E-state index contributed by atoms with van der Waals surface area (Å²) in [4.78, 5) is 0. The number of hydrogen-bond acceptors (Lipinski definition) is 5. The first-order valence-electron chi connectivity index (χ1n) is 9.98. The quantitative estimate of drug-likeness (QED) is 0.362. The molecule has 0 fully saturated rings. The maximum atomic E-state index is 12.7. The fourth-order valence-corrected chi connectivity index (χ4v) is 4.46. The van der Waals surface area contributed by atoms with Gasteiger partial charge in [-0.25, -0.2) is 0 Å². The van der Waals surface area contributed by atoms with Gasteiger partial charge in [0.15, 0.2) is 0 Å². The third-order valence-corrected chi connectivity index (χ3v) is 6.48. The standard InChI is InChI=1S/C24H17F3O5S/c1-14-7-9-17-19-13-30-20-12-16(32-33(28,29)24(25,26)27)8-10-18(20)22(19)23(31-21(17)11-14)15-5-3-2-4-6-15/h2-12,23H,13H2,1H3. The van der Waals surface area contributed by atoms with Gasteiger partial charge in [0, 0.05) is 28.3 Å². The van der Waals surface area contributed by atoms with Crippen molar-refractivity contribution in [3.8, 4) is 17.2 Å². The van der Waals surface area contributed by atoms with Crippen LogP contribution in [-0.2, 0) is 10.1 Å². The van der Waals surface area contributed by atoms with Crippen molar-refractivity contribution in [2.45, 2.75) is 18.5 Å². The van der Waals surface area contributed by atoms with Gasteiger partial charge in [0.25, 0.3) is 0 Å². The first kappa shape index (κ1) is 21.4. The highest BCUT2D eigenvalue weighted by atomic mass is 32.2. The zero-order valence-corrected chi connectivity index (χ0v) is 18.0. The van der Waals surface area contributed by atoms with Gasteiger partial charge in [0.05, 0.1) is 0 Å². The molecular formula is C24H17F3O5S. The molecule has 0 bridgehead atoms. The summed E-state index contributed by atoms with van der Waals surface area (Å²) in [6.07, 6.45) is -0.483. The molecule has 0 amide bonds. The van der Waals surface area contributed by atoms with Gasteiger partial charge in [0.2, 0.25) is 0 Å². The molecule has 0 N–H and O–H groups in total. The Hall–Kier alpha value is -3.46. The van der Waals surface area contributed by atoms with Gasteiger partial charge < -0.3 is 13.7 Å². The van der Waals surface area contributed by atoms with E-state index in [4.69, 9.17) is 9.47 Å². The van der Waals surface area contributed by atoms with E-state index in [0.717, 1.165) is 33.9 Å². The van der Waals surface area contributed by atoms with Gasteiger partial charge in [-0.05, 0) is 36.2 Å². The molecule has 0 saturated heterocycles. The van der Waals surface area contributed by atoms with Crippen molar-refractivity contribution >= 4 is 21.3 Å². The summed E-state index contributed by atoms with van der Waals surface area (Å²) in [6, 6.07) is 19.2. The molecule has 1 unspecified atom stereocenters. The van der Waals surface area contributed by atoms with Gasteiger partial charge in [-0.2, -0.15) is 21.6 Å². The van der Waals surface area contributed by atoms with Crippen molar-refractivity contribution in [1.82, 2.24) is 0 Å². The highest BCUT2D eigenvalue weighted by molar-refractivity contribution is 7.88.